The Morgan fingerprint density at radius 1 is 1.03 bits per heavy atom. The molecule has 2 amide bonds. The lowest BCUT2D eigenvalue weighted by molar-refractivity contribution is -0.113. The summed E-state index contributed by atoms with van der Waals surface area (Å²) in [5, 5.41) is 7.52. The fraction of sp³-hybridized carbons (Fsp3) is 0.261. The fourth-order valence-corrected chi connectivity index (χ4v) is 5.49. The first kappa shape index (κ1) is 23.9. The number of nitrogens with zero attached hydrogens (tertiary/aromatic N) is 3. The van der Waals surface area contributed by atoms with Crippen LogP contribution in [0, 0.1) is 6.92 Å². The van der Waals surface area contributed by atoms with Gasteiger partial charge < -0.3 is 10.2 Å². The molecule has 2 heterocycles. The maximum Gasteiger partial charge on any atom is 0.257 e. The van der Waals surface area contributed by atoms with Gasteiger partial charge in [0.1, 0.15) is 5.75 Å². The SMILES string of the molecule is Cc1cccc(N2CCN(S(=O)(=O)CC(=O)Nc3ccc(C(=O)Nc4nccs4)cc3)CC2)c1. The number of carbonyl (C=O) groups is 2. The van der Waals surface area contributed by atoms with Crippen molar-refractivity contribution in [3.63, 3.8) is 0 Å². The fourth-order valence-electron chi connectivity index (χ4n) is 3.66. The summed E-state index contributed by atoms with van der Waals surface area (Å²) >= 11 is 1.31. The Morgan fingerprint density at radius 3 is 2.41 bits per heavy atom. The highest BCUT2D eigenvalue weighted by Crippen LogP contribution is 2.19. The molecule has 0 spiro atoms. The van der Waals surface area contributed by atoms with E-state index in [1.54, 1.807) is 35.8 Å². The summed E-state index contributed by atoms with van der Waals surface area (Å²) < 4.78 is 26.9. The molecule has 1 saturated heterocycles. The van der Waals surface area contributed by atoms with Gasteiger partial charge in [-0.05, 0) is 48.9 Å². The second kappa shape index (κ2) is 10.3. The molecule has 0 unspecified atom stereocenters. The zero-order valence-electron chi connectivity index (χ0n) is 18.6. The minimum Gasteiger partial charge on any atom is -0.369 e. The number of piperazine rings is 1. The van der Waals surface area contributed by atoms with Gasteiger partial charge in [0.15, 0.2) is 5.13 Å². The number of aromatic nitrogens is 1. The molecule has 2 N–H and O–H groups in total. The van der Waals surface area contributed by atoms with E-state index in [4.69, 9.17) is 0 Å². The van der Waals surface area contributed by atoms with Gasteiger partial charge in [-0.1, -0.05) is 12.1 Å². The summed E-state index contributed by atoms with van der Waals surface area (Å²) in [5.74, 6) is -1.58. The van der Waals surface area contributed by atoms with E-state index in [1.807, 2.05) is 25.1 Å². The van der Waals surface area contributed by atoms with Crippen molar-refractivity contribution in [1.29, 1.82) is 0 Å². The minimum absolute atomic E-state index is 0.319. The molecule has 1 fully saturated rings. The summed E-state index contributed by atoms with van der Waals surface area (Å²) in [4.78, 5) is 30.8. The zero-order chi connectivity index (χ0) is 24.1. The molecule has 1 aromatic heterocycles. The van der Waals surface area contributed by atoms with Gasteiger partial charge in [0, 0.05) is 54.7 Å². The summed E-state index contributed by atoms with van der Waals surface area (Å²) in [7, 11) is -3.74. The molecule has 34 heavy (non-hydrogen) atoms. The molecule has 4 rings (SSSR count). The largest absolute Gasteiger partial charge is 0.369 e. The molecule has 0 saturated carbocycles. The maximum atomic E-state index is 12.8. The van der Waals surface area contributed by atoms with Gasteiger partial charge in [-0.25, -0.2) is 13.4 Å². The summed E-state index contributed by atoms with van der Waals surface area (Å²) in [6, 6.07) is 14.3. The lowest BCUT2D eigenvalue weighted by Crippen LogP contribution is -2.50. The first-order valence-corrected chi connectivity index (χ1v) is 13.2. The van der Waals surface area contributed by atoms with E-state index in [0.717, 1.165) is 11.3 Å². The number of sulfonamides is 1. The molecule has 0 atom stereocenters. The van der Waals surface area contributed by atoms with E-state index >= 15 is 0 Å². The van der Waals surface area contributed by atoms with Gasteiger partial charge in [0.05, 0.1) is 0 Å². The summed E-state index contributed by atoms with van der Waals surface area (Å²) in [6.07, 6.45) is 1.59. The number of amides is 2. The van der Waals surface area contributed by atoms with Crippen molar-refractivity contribution in [1.82, 2.24) is 9.29 Å². The van der Waals surface area contributed by atoms with Crippen molar-refractivity contribution in [2.24, 2.45) is 0 Å². The van der Waals surface area contributed by atoms with E-state index in [-0.39, 0.29) is 5.91 Å². The predicted molar refractivity (Wildman–Crippen MR) is 134 cm³/mol. The Labute approximate surface area is 202 Å². The first-order chi connectivity index (χ1) is 16.3. The molecule has 1 aliphatic rings. The second-order valence-electron chi connectivity index (χ2n) is 7.90. The van der Waals surface area contributed by atoms with E-state index in [9.17, 15) is 18.0 Å². The number of anilines is 3. The third kappa shape index (κ3) is 5.99. The van der Waals surface area contributed by atoms with Crippen molar-refractivity contribution in [3.8, 4) is 0 Å². The Bertz CT molecular complexity index is 1250. The molecule has 0 aliphatic carbocycles. The number of nitrogens with one attached hydrogen (secondary N) is 2. The summed E-state index contributed by atoms with van der Waals surface area (Å²) in [5.41, 5.74) is 3.03. The number of thiazole rings is 1. The second-order valence-corrected chi connectivity index (χ2v) is 10.8. The Morgan fingerprint density at radius 2 is 1.76 bits per heavy atom. The molecule has 9 nitrogen and oxygen atoms in total. The van der Waals surface area contributed by atoms with Gasteiger partial charge in [0.2, 0.25) is 15.9 Å². The quantitative estimate of drug-likeness (QED) is 0.517. The van der Waals surface area contributed by atoms with Crippen LogP contribution in [0.3, 0.4) is 0 Å². The number of hydrogen-bond donors (Lipinski definition) is 2. The van der Waals surface area contributed by atoms with Crippen LogP contribution in [0.5, 0.6) is 0 Å². The van der Waals surface area contributed by atoms with Crippen LogP contribution in [0.4, 0.5) is 16.5 Å². The Balaban J connectivity index is 1.29. The molecule has 11 heteroatoms. The van der Waals surface area contributed by atoms with Gasteiger partial charge >= 0.3 is 0 Å². The maximum absolute atomic E-state index is 12.8. The smallest absolute Gasteiger partial charge is 0.257 e. The van der Waals surface area contributed by atoms with Crippen LogP contribution in [-0.4, -0.2) is 61.5 Å². The lowest BCUT2D eigenvalue weighted by atomic mass is 10.2. The van der Waals surface area contributed by atoms with Crippen LogP contribution < -0.4 is 15.5 Å². The molecular formula is C23H25N5O4S2. The van der Waals surface area contributed by atoms with Crippen LogP contribution in [0.15, 0.2) is 60.1 Å². The standard InChI is InChI=1S/C23H25N5O4S2/c1-17-3-2-4-20(15-17)27-10-12-28(13-11-27)34(31,32)16-21(29)25-19-7-5-18(6-8-19)22(30)26-23-24-9-14-33-23/h2-9,14-15H,10-13,16H2,1H3,(H,25,29)(H,24,26,30). The monoisotopic (exact) mass is 499 g/mol. The van der Waals surface area contributed by atoms with Crippen LogP contribution >= 0.6 is 11.3 Å². The molecule has 1 aliphatic heterocycles. The van der Waals surface area contributed by atoms with Crippen LogP contribution in [0.2, 0.25) is 0 Å². The highest BCUT2D eigenvalue weighted by atomic mass is 32.2. The average molecular weight is 500 g/mol. The van der Waals surface area contributed by atoms with E-state index in [1.165, 1.54) is 15.6 Å². The lowest BCUT2D eigenvalue weighted by Gasteiger charge is -2.35. The van der Waals surface area contributed by atoms with Gasteiger partial charge in [-0.15, -0.1) is 11.3 Å². The van der Waals surface area contributed by atoms with Crippen molar-refractivity contribution >= 4 is 49.7 Å². The van der Waals surface area contributed by atoms with Gasteiger partial charge in [-0.3, -0.25) is 14.9 Å². The molecule has 0 bridgehead atoms. The number of hydrogen-bond acceptors (Lipinski definition) is 7. The highest BCUT2D eigenvalue weighted by molar-refractivity contribution is 7.89. The number of rotatable bonds is 7. The van der Waals surface area contributed by atoms with Crippen molar-refractivity contribution in [3.05, 3.63) is 71.2 Å². The van der Waals surface area contributed by atoms with Crippen LogP contribution in [0.25, 0.3) is 0 Å². The van der Waals surface area contributed by atoms with Crippen molar-refractivity contribution < 1.29 is 18.0 Å². The third-order valence-corrected chi connectivity index (χ3v) is 7.86. The summed E-state index contributed by atoms with van der Waals surface area (Å²) in [6.45, 7) is 3.80. The van der Waals surface area contributed by atoms with Crippen molar-refractivity contribution in [2.45, 2.75) is 6.92 Å². The number of carbonyl (C=O) groups excluding carboxylic acids is 2. The van der Waals surface area contributed by atoms with Gasteiger partial charge in [0.25, 0.3) is 5.91 Å². The van der Waals surface area contributed by atoms with Crippen LogP contribution in [0.1, 0.15) is 15.9 Å². The molecule has 0 radical (unpaired) electrons. The highest BCUT2D eigenvalue weighted by Gasteiger charge is 2.29. The third-order valence-electron chi connectivity index (χ3n) is 5.40. The van der Waals surface area contributed by atoms with Crippen LogP contribution in [-0.2, 0) is 14.8 Å². The minimum atomic E-state index is -3.74. The van der Waals surface area contributed by atoms with E-state index in [0.29, 0.717) is 42.6 Å². The number of benzene rings is 2. The van der Waals surface area contributed by atoms with Crippen molar-refractivity contribution in [2.75, 3.05) is 47.5 Å². The molecule has 178 valence electrons. The Kier molecular flexibility index (Phi) is 7.25. The molecule has 2 aromatic carbocycles. The first-order valence-electron chi connectivity index (χ1n) is 10.7. The molecule has 3 aromatic rings. The predicted octanol–water partition coefficient (Wildman–Crippen LogP) is 2.79. The number of aryl methyl sites for hydroxylation is 1. The normalized spacial score (nSPS) is 14.6. The topological polar surface area (TPSA) is 112 Å². The zero-order valence-corrected chi connectivity index (χ0v) is 20.2. The van der Waals surface area contributed by atoms with E-state index < -0.39 is 21.7 Å². The average Bonchev–Trinajstić information content (AvgIpc) is 3.32. The Hall–Kier alpha value is -3.28. The molecular weight excluding hydrogens is 474 g/mol. The van der Waals surface area contributed by atoms with Gasteiger partial charge in [-0.2, -0.15) is 4.31 Å². The van der Waals surface area contributed by atoms with E-state index in [2.05, 4.69) is 26.6 Å².